The van der Waals surface area contributed by atoms with Gasteiger partial charge in [-0.3, -0.25) is 14.4 Å². The number of amides is 3. The number of piperazine rings is 1. The quantitative estimate of drug-likeness (QED) is 0.763. The van der Waals surface area contributed by atoms with Gasteiger partial charge < -0.3 is 20.3 Å². The summed E-state index contributed by atoms with van der Waals surface area (Å²) in [6.07, 6.45) is 1.68. The van der Waals surface area contributed by atoms with E-state index in [1.165, 1.54) is 7.11 Å². The summed E-state index contributed by atoms with van der Waals surface area (Å²) >= 11 is 0. The lowest BCUT2D eigenvalue weighted by molar-refractivity contribution is 0.0636. The van der Waals surface area contributed by atoms with Crippen molar-refractivity contribution in [2.45, 2.75) is 6.92 Å². The molecule has 29 heavy (non-hydrogen) atoms. The second-order valence-corrected chi connectivity index (χ2v) is 7.11. The van der Waals surface area contributed by atoms with Gasteiger partial charge in [-0.1, -0.05) is 12.1 Å². The molecule has 1 aromatic heterocycles. The Hall–Kier alpha value is -3.07. The molecular formula is C20H28N6O3. The molecule has 1 aromatic carbocycles. The number of hydrogen-bond donors (Lipinski definition) is 2. The highest BCUT2D eigenvalue weighted by atomic mass is 16.5. The van der Waals surface area contributed by atoms with Crippen molar-refractivity contribution in [1.82, 2.24) is 24.9 Å². The SMILES string of the molecule is COc1nn(C)cc1C(=O)N1CCN(CCNC(=O)Nc2cccc(C)c2)CC1. The minimum atomic E-state index is -0.215. The number of anilines is 1. The molecule has 1 fully saturated rings. The zero-order valence-corrected chi connectivity index (χ0v) is 17.1. The summed E-state index contributed by atoms with van der Waals surface area (Å²) in [4.78, 5) is 28.8. The van der Waals surface area contributed by atoms with Gasteiger partial charge in [0.1, 0.15) is 5.56 Å². The van der Waals surface area contributed by atoms with Crippen LogP contribution in [0.3, 0.4) is 0 Å². The molecule has 3 rings (SSSR count). The van der Waals surface area contributed by atoms with E-state index in [2.05, 4.69) is 20.6 Å². The fraction of sp³-hybridized carbons (Fsp3) is 0.450. The molecule has 1 saturated heterocycles. The van der Waals surface area contributed by atoms with Crippen LogP contribution in [0.2, 0.25) is 0 Å². The van der Waals surface area contributed by atoms with E-state index >= 15 is 0 Å². The Balaban J connectivity index is 1.39. The van der Waals surface area contributed by atoms with E-state index in [1.54, 1.807) is 17.9 Å². The van der Waals surface area contributed by atoms with Crippen LogP contribution in [0.1, 0.15) is 15.9 Å². The molecule has 0 radical (unpaired) electrons. The molecule has 1 aliphatic rings. The van der Waals surface area contributed by atoms with E-state index in [4.69, 9.17) is 4.74 Å². The molecule has 0 spiro atoms. The summed E-state index contributed by atoms with van der Waals surface area (Å²) in [6, 6.07) is 7.46. The summed E-state index contributed by atoms with van der Waals surface area (Å²) in [6.45, 7) is 6.04. The van der Waals surface area contributed by atoms with Crippen molar-refractivity contribution < 1.29 is 14.3 Å². The number of aromatic nitrogens is 2. The smallest absolute Gasteiger partial charge is 0.319 e. The fourth-order valence-corrected chi connectivity index (χ4v) is 3.34. The Morgan fingerprint density at radius 1 is 1.21 bits per heavy atom. The summed E-state index contributed by atoms with van der Waals surface area (Å²) in [5.74, 6) is 0.286. The molecule has 2 aromatic rings. The van der Waals surface area contributed by atoms with Crippen LogP contribution in [-0.2, 0) is 7.05 Å². The van der Waals surface area contributed by atoms with E-state index in [0.717, 1.165) is 30.9 Å². The van der Waals surface area contributed by atoms with Gasteiger partial charge in [-0.25, -0.2) is 4.79 Å². The van der Waals surface area contributed by atoms with Crippen molar-refractivity contribution in [3.8, 4) is 5.88 Å². The van der Waals surface area contributed by atoms with Crippen LogP contribution < -0.4 is 15.4 Å². The van der Waals surface area contributed by atoms with Crippen molar-refractivity contribution in [1.29, 1.82) is 0 Å². The van der Waals surface area contributed by atoms with Crippen LogP contribution >= 0.6 is 0 Å². The lowest BCUT2D eigenvalue weighted by atomic mass is 10.2. The van der Waals surface area contributed by atoms with Crippen molar-refractivity contribution in [3.05, 3.63) is 41.6 Å². The standard InChI is InChI=1S/C20H28N6O3/c1-15-5-4-6-16(13-15)22-20(28)21-7-8-25-9-11-26(12-10-25)19(27)17-14-24(2)23-18(17)29-3/h4-6,13-14H,7-12H2,1-3H3,(H2,21,22,28). The van der Waals surface area contributed by atoms with E-state index in [1.807, 2.05) is 36.1 Å². The Kier molecular flexibility index (Phi) is 6.71. The third kappa shape index (κ3) is 5.47. The number of rotatable bonds is 6. The number of nitrogens with zero attached hydrogens (tertiary/aromatic N) is 4. The number of methoxy groups -OCH3 is 1. The van der Waals surface area contributed by atoms with Gasteiger partial charge in [0.2, 0.25) is 5.88 Å². The monoisotopic (exact) mass is 400 g/mol. The first-order chi connectivity index (χ1) is 14.0. The number of urea groups is 1. The zero-order valence-electron chi connectivity index (χ0n) is 17.1. The van der Waals surface area contributed by atoms with Crippen LogP contribution in [0.25, 0.3) is 0 Å². The molecule has 0 saturated carbocycles. The Morgan fingerprint density at radius 3 is 2.66 bits per heavy atom. The van der Waals surface area contributed by atoms with Gasteiger partial charge in [0.15, 0.2) is 0 Å². The molecule has 0 atom stereocenters. The molecule has 156 valence electrons. The Labute approximate surface area is 170 Å². The van der Waals surface area contributed by atoms with Crippen molar-refractivity contribution >= 4 is 17.6 Å². The van der Waals surface area contributed by atoms with E-state index < -0.39 is 0 Å². The predicted octanol–water partition coefficient (Wildman–Crippen LogP) is 1.32. The van der Waals surface area contributed by atoms with E-state index in [9.17, 15) is 9.59 Å². The van der Waals surface area contributed by atoms with Gasteiger partial charge in [0.25, 0.3) is 5.91 Å². The summed E-state index contributed by atoms with van der Waals surface area (Å²) in [5.41, 5.74) is 2.36. The number of benzene rings is 1. The minimum absolute atomic E-state index is 0.0646. The van der Waals surface area contributed by atoms with Crippen LogP contribution in [-0.4, -0.2) is 77.9 Å². The second kappa shape index (κ2) is 9.42. The highest BCUT2D eigenvalue weighted by Crippen LogP contribution is 2.18. The lowest BCUT2D eigenvalue weighted by Crippen LogP contribution is -2.50. The third-order valence-electron chi connectivity index (χ3n) is 4.87. The summed E-state index contributed by atoms with van der Waals surface area (Å²) in [7, 11) is 3.28. The number of hydrogen-bond acceptors (Lipinski definition) is 5. The molecule has 9 nitrogen and oxygen atoms in total. The molecule has 9 heteroatoms. The maximum Gasteiger partial charge on any atom is 0.319 e. The number of ether oxygens (including phenoxy) is 1. The number of carbonyl (C=O) groups excluding carboxylic acids is 2. The van der Waals surface area contributed by atoms with Gasteiger partial charge >= 0.3 is 6.03 Å². The Bertz CT molecular complexity index is 858. The summed E-state index contributed by atoms with van der Waals surface area (Å²) in [5, 5.41) is 9.85. The molecule has 0 unspecified atom stereocenters. The van der Waals surface area contributed by atoms with Crippen LogP contribution in [0, 0.1) is 6.92 Å². The van der Waals surface area contributed by atoms with E-state index in [0.29, 0.717) is 31.1 Å². The normalized spacial score (nSPS) is 14.5. The molecule has 3 amide bonds. The van der Waals surface area contributed by atoms with Crippen molar-refractivity contribution in [3.63, 3.8) is 0 Å². The Morgan fingerprint density at radius 2 is 1.97 bits per heavy atom. The molecule has 0 bridgehead atoms. The highest BCUT2D eigenvalue weighted by Gasteiger charge is 2.26. The largest absolute Gasteiger partial charge is 0.479 e. The lowest BCUT2D eigenvalue weighted by Gasteiger charge is -2.34. The maximum absolute atomic E-state index is 12.7. The zero-order chi connectivity index (χ0) is 20.8. The van der Waals surface area contributed by atoms with Gasteiger partial charge in [-0.05, 0) is 24.6 Å². The predicted molar refractivity (Wildman–Crippen MR) is 110 cm³/mol. The first-order valence-electron chi connectivity index (χ1n) is 9.67. The fourth-order valence-electron chi connectivity index (χ4n) is 3.34. The van der Waals surface area contributed by atoms with Gasteiger partial charge in [-0.15, -0.1) is 5.10 Å². The number of nitrogens with one attached hydrogen (secondary N) is 2. The molecule has 0 aliphatic carbocycles. The molecular weight excluding hydrogens is 372 g/mol. The van der Waals surface area contributed by atoms with Gasteiger partial charge in [0.05, 0.1) is 7.11 Å². The van der Waals surface area contributed by atoms with Crippen molar-refractivity contribution in [2.24, 2.45) is 7.05 Å². The average molecular weight is 400 g/mol. The highest BCUT2D eigenvalue weighted by molar-refractivity contribution is 5.96. The molecule has 1 aliphatic heterocycles. The number of carbonyl (C=O) groups is 2. The first kappa shape index (κ1) is 20.7. The van der Waals surface area contributed by atoms with E-state index in [-0.39, 0.29) is 11.9 Å². The van der Waals surface area contributed by atoms with Crippen LogP contribution in [0.5, 0.6) is 5.88 Å². The first-order valence-corrected chi connectivity index (χ1v) is 9.67. The second-order valence-electron chi connectivity index (χ2n) is 7.11. The topological polar surface area (TPSA) is 91.7 Å². The van der Waals surface area contributed by atoms with Gasteiger partial charge in [0, 0.05) is 58.2 Å². The molecule has 2 N–H and O–H groups in total. The van der Waals surface area contributed by atoms with Crippen molar-refractivity contribution in [2.75, 3.05) is 51.7 Å². The third-order valence-corrected chi connectivity index (χ3v) is 4.87. The minimum Gasteiger partial charge on any atom is -0.479 e. The molecule has 2 heterocycles. The summed E-state index contributed by atoms with van der Waals surface area (Å²) < 4.78 is 6.77. The van der Waals surface area contributed by atoms with Gasteiger partial charge in [-0.2, -0.15) is 0 Å². The van der Waals surface area contributed by atoms with Crippen LogP contribution in [0.15, 0.2) is 30.5 Å². The van der Waals surface area contributed by atoms with Crippen LogP contribution in [0.4, 0.5) is 10.5 Å². The maximum atomic E-state index is 12.7. The average Bonchev–Trinajstić information content (AvgIpc) is 3.09. The number of aryl methyl sites for hydroxylation is 2.